The molecular formula is C14H9NO5. The summed E-state index contributed by atoms with van der Waals surface area (Å²) in [6.07, 6.45) is 1.22. The largest absolute Gasteiger partial charge is 0.478 e. The molecule has 20 heavy (non-hydrogen) atoms. The number of carbonyl (C=O) groups is 3. The molecule has 0 fully saturated rings. The van der Waals surface area contributed by atoms with E-state index in [4.69, 9.17) is 9.52 Å². The Bertz CT molecular complexity index is 696. The maximum absolute atomic E-state index is 12.1. The zero-order valence-corrected chi connectivity index (χ0v) is 10.2. The van der Waals surface area contributed by atoms with Crippen molar-refractivity contribution in [3.8, 4) is 0 Å². The summed E-state index contributed by atoms with van der Waals surface area (Å²) in [5.74, 6) is -1.98. The Labute approximate surface area is 113 Å². The predicted molar refractivity (Wildman–Crippen MR) is 66.3 cm³/mol. The van der Waals surface area contributed by atoms with Crippen LogP contribution in [0.5, 0.6) is 0 Å². The van der Waals surface area contributed by atoms with Crippen molar-refractivity contribution in [1.29, 1.82) is 0 Å². The highest BCUT2D eigenvalue weighted by Gasteiger charge is 2.36. The van der Waals surface area contributed by atoms with Crippen LogP contribution in [-0.2, 0) is 6.54 Å². The Balaban J connectivity index is 1.94. The lowest BCUT2D eigenvalue weighted by Crippen LogP contribution is -2.29. The molecule has 0 radical (unpaired) electrons. The smallest absolute Gasteiger partial charge is 0.339 e. The Kier molecular flexibility index (Phi) is 2.64. The fourth-order valence-electron chi connectivity index (χ4n) is 2.18. The molecule has 2 amide bonds. The molecule has 1 aliphatic heterocycles. The van der Waals surface area contributed by atoms with E-state index >= 15 is 0 Å². The monoisotopic (exact) mass is 271 g/mol. The molecule has 1 N–H and O–H groups in total. The highest BCUT2D eigenvalue weighted by atomic mass is 16.4. The minimum Gasteiger partial charge on any atom is -0.478 e. The van der Waals surface area contributed by atoms with Crippen LogP contribution in [0.2, 0.25) is 0 Å². The first-order chi connectivity index (χ1) is 9.59. The lowest BCUT2D eigenvalue weighted by atomic mass is 10.1. The zero-order valence-electron chi connectivity index (χ0n) is 10.2. The summed E-state index contributed by atoms with van der Waals surface area (Å²) >= 11 is 0. The van der Waals surface area contributed by atoms with Crippen LogP contribution in [0, 0.1) is 0 Å². The number of amides is 2. The number of imide groups is 1. The third-order valence-electron chi connectivity index (χ3n) is 3.16. The molecule has 1 aromatic carbocycles. The standard InChI is InChI=1S/C14H9NO5/c16-12-8-3-1-2-4-9(8)13(17)15(12)7-11-10(14(18)19)5-6-20-11/h1-6H,7H2,(H,18,19). The van der Waals surface area contributed by atoms with Crippen LogP contribution in [0.15, 0.2) is 41.0 Å². The van der Waals surface area contributed by atoms with E-state index in [1.54, 1.807) is 24.3 Å². The molecule has 6 heteroatoms. The first-order valence-corrected chi connectivity index (χ1v) is 5.84. The molecule has 1 aromatic heterocycles. The van der Waals surface area contributed by atoms with Crippen molar-refractivity contribution >= 4 is 17.8 Å². The molecule has 3 rings (SSSR count). The number of carbonyl (C=O) groups excluding carboxylic acids is 2. The SMILES string of the molecule is O=C(O)c1ccoc1CN1C(=O)c2ccccc2C1=O. The summed E-state index contributed by atoms with van der Waals surface area (Å²) in [5, 5.41) is 8.99. The maximum Gasteiger partial charge on any atom is 0.339 e. The van der Waals surface area contributed by atoms with Gasteiger partial charge in [-0.1, -0.05) is 12.1 Å². The minimum absolute atomic E-state index is 0.0541. The number of carboxylic acid groups (broad SMARTS) is 1. The van der Waals surface area contributed by atoms with E-state index in [0.717, 1.165) is 4.90 Å². The van der Waals surface area contributed by atoms with Crippen molar-refractivity contribution in [1.82, 2.24) is 4.90 Å². The van der Waals surface area contributed by atoms with Gasteiger partial charge in [0.05, 0.1) is 23.9 Å². The molecule has 0 bridgehead atoms. The summed E-state index contributed by atoms with van der Waals surface area (Å²) in [6, 6.07) is 7.76. The van der Waals surface area contributed by atoms with Crippen molar-refractivity contribution in [3.05, 3.63) is 59.0 Å². The summed E-state index contributed by atoms with van der Waals surface area (Å²) in [5.41, 5.74) is 0.586. The second kappa shape index (κ2) is 4.34. The van der Waals surface area contributed by atoms with E-state index in [1.807, 2.05) is 0 Å². The molecule has 6 nitrogen and oxygen atoms in total. The van der Waals surface area contributed by atoms with Gasteiger partial charge in [0.2, 0.25) is 0 Å². The van der Waals surface area contributed by atoms with Gasteiger partial charge in [0.1, 0.15) is 11.3 Å². The summed E-state index contributed by atoms with van der Waals surface area (Å²) in [6.45, 7) is -0.193. The highest BCUT2D eigenvalue weighted by molar-refractivity contribution is 6.21. The zero-order chi connectivity index (χ0) is 14.3. The number of hydrogen-bond acceptors (Lipinski definition) is 4. The van der Waals surface area contributed by atoms with Gasteiger partial charge in [0, 0.05) is 0 Å². The molecular weight excluding hydrogens is 262 g/mol. The first-order valence-electron chi connectivity index (χ1n) is 5.84. The van der Waals surface area contributed by atoms with Crippen LogP contribution in [0.4, 0.5) is 0 Å². The van der Waals surface area contributed by atoms with Crippen LogP contribution in [-0.4, -0.2) is 27.8 Å². The second-order valence-electron chi connectivity index (χ2n) is 4.30. The van der Waals surface area contributed by atoms with Crippen molar-refractivity contribution in [2.24, 2.45) is 0 Å². The van der Waals surface area contributed by atoms with Gasteiger partial charge >= 0.3 is 5.97 Å². The molecule has 0 saturated heterocycles. The van der Waals surface area contributed by atoms with Crippen LogP contribution < -0.4 is 0 Å². The molecule has 0 spiro atoms. The maximum atomic E-state index is 12.1. The number of carboxylic acids is 1. The Hall–Kier alpha value is -2.89. The van der Waals surface area contributed by atoms with E-state index in [-0.39, 0.29) is 17.9 Å². The third-order valence-corrected chi connectivity index (χ3v) is 3.16. The van der Waals surface area contributed by atoms with Crippen LogP contribution in [0.1, 0.15) is 36.8 Å². The summed E-state index contributed by atoms with van der Waals surface area (Å²) < 4.78 is 5.06. The van der Waals surface area contributed by atoms with Crippen molar-refractivity contribution < 1.29 is 23.9 Å². The summed E-state index contributed by atoms with van der Waals surface area (Å²) in [7, 11) is 0. The fourth-order valence-corrected chi connectivity index (χ4v) is 2.18. The Morgan fingerprint density at radius 1 is 1.10 bits per heavy atom. The molecule has 2 aromatic rings. The van der Waals surface area contributed by atoms with Gasteiger partial charge in [0.25, 0.3) is 11.8 Å². The average molecular weight is 271 g/mol. The lowest BCUT2D eigenvalue weighted by molar-refractivity contribution is 0.0615. The Morgan fingerprint density at radius 3 is 2.25 bits per heavy atom. The predicted octanol–water partition coefficient (Wildman–Crippen LogP) is 1.77. The fraction of sp³-hybridized carbons (Fsp3) is 0.0714. The van der Waals surface area contributed by atoms with Gasteiger partial charge in [-0.05, 0) is 18.2 Å². The van der Waals surface area contributed by atoms with Crippen molar-refractivity contribution in [3.63, 3.8) is 0 Å². The summed E-state index contributed by atoms with van der Waals surface area (Å²) in [4.78, 5) is 36.2. The highest BCUT2D eigenvalue weighted by Crippen LogP contribution is 2.25. The van der Waals surface area contributed by atoms with Gasteiger partial charge in [0.15, 0.2) is 0 Å². The van der Waals surface area contributed by atoms with Crippen LogP contribution in [0.25, 0.3) is 0 Å². The van der Waals surface area contributed by atoms with E-state index in [2.05, 4.69) is 0 Å². The first kappa shape index (κ1) is 12.2. The quantitative estimate of drug-likeness (QED) is 0.859. The molecule has 0 atom stereocenters. The lowest BCUT2D eigenvalue weighted by Gasteiger charge is -2.12. The molecule has 0 unspecified atom stereocenters. The van der Waals surface area contributed by atoms with E-state index in [9.17, 15) is 14.4 Å². The van der Waals surface area contributed by atoms with E-state index in [0.29, 0.717) is 11.1 Å². The second-order valence-corrected chi connectivity index (χ2v) is 4.30. The number of furan rings is 1. The number of rotatable bonds is 3. The molecule has 2 heterocycles. The number of fused-ring (bicyclic) bond motifs is 1. The topological polar surface area (TPSA) is 87.8 Å². The molecule has 100 valence electrons. The van der Waals surface area contributed by atoms with Crippen molar-refractivity contribution in [2.75, 3.05) is 0 Å². The van der Waals surface area contributed by atoms with Crippen LogP contribution in [0.3, 0.4) is 0 Å². The van der Waals surface area contributed by atoms with Gasteiger partial charge in [-0.25, -0.2) is 4.79 Å². The normalized spacial score (nSPS) is 13.7. The molecule has 1 aliphatic rings. The van der Waals surface area contributed by atoms with Gasteiger partial charge in [-0.3, -0.25) is 14.5 Å². The van der Waals surface area contributed by atoms with Gasteiger partial charge in [-0.2, -0.15) is 0 Å². The van der Waals surface area contributed by atoms with Gasteiger partial charge < -0.3 is 9.52 Å². The number of benzene rings is 1. The van der Waals surface area contributed by atoms with E-state index < -0.39 is 17.8 Å². The van der Waals surface area contributed by atoms with Gasteiger partial charge in [-0.15, -0.1) is 0 Å². The number of aromatic carboxylic acids is 1. The number of hydrogen-bond donors (Lipinski definition) is 1. The van der Waals surface area contributed by atoms with E-state index in [1.165, 1.54) is 12.3 Å². The third kappa shape index (κ3) is 1.70. The van der Waals surface area contributed by atoms with Crippen molar-refractivity contribution in [2.45, 2.75) is 6.54 Å². The molecule has 0 saturated carbocycles. The minimum atomic E-state index is -1.16. The molecule has 0 aliphatic carbocycles. The average Bonchev–Trinajstić information content (AvgIpc) is 2.99. The number of nitrogens with zero attached hydrogens (tertiary/aromatic N) is 1. The Morgan fingerprint density at radius 2 is 1.70 bits per heavy atom. The van der Waals surface area contributed by atoms with Crippen LogP contribution >= 0.6 is 0 Å².